The summed E-state index contributed by atoms with van der Waals surface area (Å²) in [5, 5.41) is 14.2. The lowest BCUT2D eigenvalue weighted by Crippen LogP contribution is -2.46. The number of aromatic nitrogens is 1. The van der Waals surface area contributed by atoms with Crippen LogP contribution in [0, 0.1) is 11.7 Å². The number of rotatable bonds is 4. The molecule has 1 atom stereocenters. The van der Waals surface area contributed by atoms with Gasteiger partial charge in [0, 0.05) is 0 Å². The zero-order valence-corrected chi connectivity index (χ0v) is 9.51. The highest BCUT2D eigenvalue weighted by Gasteiger charge is 2.35. The molecule has 1 fully saturated rings. The molecular formula is C11H13FN4O2. The van der Waals surface area contributed by atoms with Crippen LogP contribution in [-0.4, -0.2) is 28.0 Å². The standard InChI is InChI=1S/C11H13FN4O2/c12-7-3-4-8(14-5-7)11(17)15-9(6-1-2-6)10(13)16-18/h3-6,9,18H,1-2H2,(H2,13,16)(H,15,17). The molecule has 1 amide bonds. The Kier molecular flexibility index (Phi) is 3.40. The van der Waals surface area contributed by atoms with Crippen LogP contribution in [0.5, 0.6) is 0 Å². The van der Waals surface area contributed by atoms with Crippen LogP contribution >= 0.6 is 0 Å². The summed E-state index contributed by atoms with van der Waals surface area (Å²) in [4.78, 5) is 15.5. The number of nitrogens with two attached hydrogens (primary N) is 1. The molecule has 1 saturated carbocycles. The number of nitrogens with zero attached hydrogens (tertiary/aromatic N) is 2. The third-order valence-electron chi connectivity index (χ3n) is 2.77. The molecular weight excluding hydrogens is 239 g/mol. The Morgan fingerprint density at radius 1 is 1.61 bits per heavy atom. The van der Waals surface area contributed by atoms with E-state index in [2.05, 4.69) is 15.5 Å². The predicted molar refractivity (Wildman–Crippen MR) is 61.6 cm³/mol. The molecule has 0 aliphatic heterocycles. The van der Waals surface area contributed by atoms with Gasteiger partial charge in [0.1, 0.15) is 11.5 Å². The molecule has 0 aromatic carbocycles. The monoisotopic (exact) mass is 252 g/mol. The number of hydrogen-bond acceptors (Lipinski definition) is 4. The molecule has 0 bridgehead atoms. The van der Waals surface area contributed by atoms with Gasteiger partial charge in [0.15, 0.2) is 5.84 Å². The Morgan fingerprint density at radius 3 is 2.83 bits per heavy atom. The summed E-state index contributed by atoms with van der Waals surface area (Å²) in [6, 6.07) is 1.92. The van der Waals surface area contributed by atoms with Crippen LogP contribution in [0.25, 0.3) is 0 Å². The Morgan fingerprint density at radius 2 is 2.33 bits per heavy atom. The summed E-state index contributed by atoms with van der Waals surface area (Å²) in [6.07, 6.45) is 2.79. The van der Waals surface area contributed by atoms with E-state index in [9.17, 15) is 9.18 Å². The first-order valence-electron chi connectivity index (χ1n) is 5.51. The van der Waals surface area contributed by atoms with E-state index in [0.717, 1.165) is 25.1 Å². The van der Waals surface area contributed by atoms with Crippen LogP contribution in [0.4, 0.5) is 4.39 Å². The fourth-order valence-corrected chi connectivity index (χ4v) is 1.65. The summed E-state index contributed by atoms with van der Waals surface area (Å²) in [5.41, 5.74) is 5.60. The van der Waals surface area contributed by atoms with Gasteiger partial charge in [-0.2, -0.15) is 0 Å². The lowest BCUT2D eigenvalue weighted by Gasteiger charge is -2.16. The fourth-order valence-electron chi connectivity index (χ4n) is 1.65. The van der Waals surface area contributed by atoms with E-state index in [1.54, 1.807) is 0 Å². The van der Waals surface area contributed by atoms with Gasteiger partial charge in [-0.05, 0) is 30.9 Å². The summed E-state index contributed by atoms with van der Waals surface area (Å²) in [6.45, 7) is 0. The van der Waals surface area contributed by atoms with E-state index in [1.807, 2.05) is 0 Å². The van der Waals surface area contributed by atoms with Crippen molar-refractivity contribution in [2.24, 2.45) is 16.8 Å². The Bertz CT molecular complexity index is 470. The third kappa shape index (κ3) is 2.73. The zero-order valence-electron chi connectivity index (χ0n) is 9.51. The number of hydrogen-bond donors (Lipinski definition) is 3. The van der Waals surface area contributed by atoms with Crippen molar-refractivity contribution >= 4 is 11.7 Å². The van der Waals surface area contributed by atoms with Crippen molar-refractivity contribution in [3.05, 3.63) is 29.8 Å². The molecule has 4 N–H and O–H groups in total. The molecule has 1 aliphatic rings. The minimum atomic E-state index is -0.512. The number of carbonyl (C=O) groups is 1. The fraction of sp³-hybridized carbons (Fsp3) is 0.364. The van der Waals surface area contributed by atoms with Crippen LogP contribution in [0.3, 0.4) is 0 Å². The largest absolute Gasteiger partial charge is 0.409 e. The van der Waals surface area contributed by atoms with Crippen molar-refractivity contribution in [3.63, 3.8) is 0 Å². The van der Waals surface area contributed by atoms with Crippen molar-refractivity contribution in [2.75, 3.05) is 0 Å². The molecule has 18 heavy (non-hydrogen) atoms. The summed E-state index contributed by atoms with van der Waals surface area (Å²) in [7, 11) is 0. The van der Waals surface area contributed by atoms with Crippen molar-refractivity contribution in [1.29, 1.82) is 0 Å². The van der Waals surface area contributed by atoms with Crippen LogP contribution < -0.4 is 11.1 Å². The molecule has 2 rings (SSSR count). The van der Waals surface area contributed by atoms with Gasteiger partial charge in [-0.15, -0.1) is 0 Å². The molecule has 0 radical (unpaired) electrons. The first-order valence-corrected chi connectivity index (χ1v) is 5.51. The van der Waals surface area contributed by atoms with Crippen molar-refractivity contribution in [1.82, 2.24) is 10.3 Å². The normalized spacial score (nSPS) is 17.3. The molecule has 1 heterocycles. The van der Waals surface area contributed by atoms with E-state index >= 15 is 0 Å². The van der Waals surface area contributed by atoms with E-state index in [0.29, 0.717) is 0 Å². The van der Waals surface area contributed by atoms with E-state index in [-0.39, 0.29) is 17.4 Å². The second-order valence-electron chi connectivity index (χ2n) is 4.18. The molecule has 0 spiro atoms. The SMILES string of the molecule is N/C(=N/O)C(NC(=O)c1ccc(F)cn1)C1CC1. The quantitative estimate of drug-likeness (QED) is 0.314. The zero-order chi connectivity index (χ0) is 13.1. The number of halogens is 1. The van der Waals surface area contributed by atoms with E-state index < -0.39 is 17.8 Å². The Labute approximate surface area is 103 Å². The van der Waals surface area contributed by atoms with E-state index in [1.165, 1.54) is 6.07 Å². The average molecular weight is 252 g/mol. The highest BCUT2D eigenvalue weighted by atomic mass is 19.1. The summed E-state index contributed by atoms with van der Waals surface area (Å²) < 4.78 is 12.7. The minimum absolute atomic E-state index is 0.0343. The molecule has 0 saturated heterocycles. The number of pyridine rings is 1. The smallest absolute Gasteiger partial charge is 0.270 e. The Hall–Kier alpha value is -2.18. The maximum absolute atomic E-state index is 12.7. The van der Waals surface area contributed by atoms with Gasteiger partial charge >= 0.3 is 0 Å². The van der Waals surface area contributed by atoms with Crippen LogP contribution in [0.2, 0.25) is 0 Å². The van der Waals surface area contributed by atoms with Crippen LogP contribution in [-0.2, 0) is 0 Å². The highest BCUT2D eigenvalue weighted by molar-refractivity contribution is 5.97. The molecule has 1 aromatic heterocycles. The molecule has 6 nitrogen and oxygen atoms in total. The van der Waals surface area contributed by atoms with Gasteiger partial charge in [0.05, 0.1) is 12.2 Å². The number of oxime groups is 1. The van der Waals surface area contributed by atoms with Crippen LogP contribution in [0.1, 0.15) is 23.3 Å². The first kappa shape index (κ1) is 12.3. The van der Waals surface area contributed by atoms with Gasteiger partial charge in [-0.3, -0.25) is 4.79 Å². The van der Waals surface area contributed by atoms with Crippen molar-refractivity contribution in [3.8, 4) is 0 Å². The van der Waals surface area contributed by atoms with Crippen molar-refractivity contribution in [2.45, 2.75) is 18.9 Å². The predicted octanol–water partition coefficient (Wildman–Crippen LogP) is 0.475. The lowest BCUT2D eigenvalue weighted by atomic mass is 10.1. The van der Waals surface area contributed by atoms with Gasteiger partial charge in [-0.25, -0.2) is 9.37 Å². The number of amidine groups is 1. The van der Waals surface area contributed by atoms with Gasteiger partial charge in [0.2, 0.25) is 0 Å². The summed E-state index contributed by atoms with van der Waals surface area (Å²) >= 11 is 0. The third-order valence-corrected chi connectivity index (χ3v) is 2.77. The van der Waals surface area contributed by atoms with Gasteiger partial charge < -0.3 is 16.3 Å². The topological polar surface area (TPSA) is 101 Å². The first-order chi connectivity index (χ1) is 8.61. The number of carbonyl (C=O) groups excluding carboxylic acids is 1. The van der Waals surface area contributed by atoms with E-state index in [4.69, 9.17) is 10.9 Å². The number of nitrogens with one attached hydrogen (secondary N) is 1. The highest BCUT2D eigenvalue weighted by Crippen LogP contribution is 2.32. The average Bonchev–Trinajstić information content (AvgIpc) is 3.20. The van der Waals surface area contributed by atoms with Gasteiger partial charge in [-0.1, -0.05) is 5.16 Å². The molecule has 1 aliphatic carbocycles. The number of amides is 1. The van der Waals surface area contributed by atoms with Crippen LogP contribution in [0.15, 0.2) is 23.5 Å². The molecule has 96 valence electrons. The second kappa shape index (κ2) is 4.99. The molecule has 1 unspecified atom stereocenters. The maximum Gasteiger partial charge on any atom is 0.270 e. The van der Waals surface area contributed by atoms with Gasteiger partial charge in [0.25, 0.3) is 5.91 Å². The second-order valence-corrected chi connectivity index (χ2v) is 4.18. The maximum atomic E-state index is 12.7. The lowest BCUT2D eigenvalue weighted by molar-refractivity contribution is 0.0938. The minimum Gasteiger partial charge on any atom is -0.409 e. The molecule has 7 heteroatoms. The summed E-state index contributed by atoms with van der Waals surface area (Å²) in [5.74, 6) is -0.835. The Balaban J connectivity index is 2.07. The molecule has 1 aromatic rings. The van der Waals surface area contributed by atoms with Crippen molar-refractivity contribution < 1.29 is 14.4 Å².